The van der Waals surface area contributed by atoms with Crippen LogP contribution in [0, 0.1) is 0 Å². The molecule has 2 saturated heterocycles. The van der Waals surface area contributed by atoms with E-state index in [0.29, 0.717) is 36.8 Å². The summed E-state index contributed by atoms with van der Waals surface area (Å²) in [6.07, 6.45) is 5.89. The van der Waals surface area contributed by atoms with Crippen molar-refractivity contribution in [2.45, 2.75) is 31.6 Å². The highest BCUT2D eigenvalue weighted by atomic mass is 16.6. The van der Waals surface area contributed by atoms with Crippen molar-refractivity contribution in [2.24, 2.45) is 4.99 Å². The fourth-order valence-electron chi connectivity index (χ4n) is 3.43. The minimum Gasteiger partial charge on any atom is -0.382 e. The van der Waals surface area contributed by atoms with Crippen LogP contribution >= 0.6 is 0 Å². The zero-order valence-electron chi connectivity index (χ0n) is 15.2. The Morgan fingerprint density at radius 2 is 2.23 bits per heavy atom. The van der Waals surface area contributed by atoms with Crippen molar-refractivity contribution in [3.63, 3.8) is 0 Å². The molecule has 0 radical (unpaired) electrons. The van der Waals surface area contributed by atoms with E-state index in [0.717, 1.165) is 31.6 Å². The Balaban J connectivity index is 1.62. The average Bonchev–Trinajstić information content (AvgIpc) is 3.36. The molecule has 2 fully saturated rings. The summed E-state index contributed by atoms with van der Waals surface area (Å²) < 4.78 is 18.8. The third kappa shape index (κ3) is 3.29. The standard InChI is InChI=1S/C17H24N6O3/c1-22-6-3-4-13(22)21-15-14-16(19-10-18-15)23(11-20-14)17-12(5-7-26-17)25-9-8-24-2/h10-12,17H,3-9H2,1-2H3/b21-13+. The molecular formula is C17H24N6O3. The van der Waals surface area contributed by atoms with Crippen molar-refractivity contribution >= 4 is 22.8 Å². The molecule has 26 heavy (non-hydrogen) atoms. The van der Waals surface area contributed by atoms with Gasteiger partial charge < -0.3 is 19.1 Å². The van der Waals surface area contributed by atoms with E-state index in [1.807, 2.05) is 4.57 Å². The molecule has 0 saturated carbocycles. The lowest BCUT2D eigenvalue weighted by atomic mass is 10.2. The van der Waals surface area contributed by atoms with Gasteiger partial charge in [-0.25, -0.2) is 19.9 Å². The van der Waals surface area contributed by atoms with Crippen LogP contribution in [-0.4, -0.2) is 76.9 Å². The Morgan fingerprint density at radius 3 is 3.04 bits per heavy atom. The number of likely N-dealkylation sites (tertiary alicyclic amines) is 1. The van der Waals surface area contributed by atoms with E-state index in [1.54, 1.807) is 13.4 Å². The number of fused-ring (bicyclic) bond motifs is 1. The molecule has 2 unspecified atom stereocenters. The summed E-state index contributed by atoms with van der Waals surface area (Å²) in [7, 11) is 3.72. The lowest BCUT2D eigenvalue weighted by Gasteiger charge is -2.20. The Morgan fingerprint density at radius 1 is 1.31 bits per heavy atom. The lowest BCUT2D eigenvalue weighted by molar-refractivity contribution is -0.0560. The van der Waals surface area contributed by atoms with Crippen LogP contribution in [-0.2, 0) is 14.2 Å². The van der Waals surface area contributed by atoms with Crippen LogP contribution in [0.15, 0.2) is 17.6 Å². The maximum absolute atomic E-state index is 5.90. The molecule has 0 amide bonds. The highest BCUT2D eigenvalue weighted by Gasteiger charge is 2.32. The molecule has 4 rings (SSSR count). The van der Waals surface area contributed by atoms with Crippen LogP contribution in [0.3, 0.4) is 0 Å². The summed E-state index contributed by atoms with van der Waals surface area (Å²) in [6.45, 7) is 2.77. The monoisotopic (exact) mass is 360 g/mol. The van der Waals surface area contributed by atoms with Crippen LogP contribution in [0.1, 0.15) is 25.5 Å². The Hall–Kier alpha value is -2.10. The van der Waals surface area contributed by atoms with E-state index >= 15 is 0 Å². The third-order valence-electron chi connectivity index (χ3n) is 4.81. The van der Waals surface area contributed by atoms with Gasteiger partial charge in [0.15, 0.2) is 23.2 Å². The molecule has 2 aromatic heterocycles. The Labute approximate surface area is 152 Å². The zero-order valence-corrected chi connectivity index (χ0v) is 15.2. The van der Waals surface area contributed by atoms with Crippen molar-refractivity contribution in [1.29, 1.82) is 0 Å². The summed E-state index contributed by atoms with van der Waals surface area (Å²) >= 11 is 0. The summed E-state index contributed by atoms with van der Waals surface area (Å²) in [5.74, 6) is 1.64. The van der Waals surface area contributed by atoms with Gasteiger partial charge in [-0.1, -0.05) is 0 Å². The predicted molar refractivity (Wildman–Crippen MR) is 95.5 cm³/mol. The molecule has 2 aliphatic heterocycles. The fourth-order valence-corrected chi connectivity index (χ4v) is 3.43. The first kappa shape index (κ1) is 17.3. The van der Waals surface area contributed by atoms with Gasteiger partial charge in [-0.15, -0.1) is 0 Å². The molecule has 2 aliphatic rings. The second-order valence-electron chi connectivity index (χ2n) is 6.53. The van der Waals surface area contributed by atoms with Gasteiger partial charge in [0.25, 0.3) is 0 Å². The second kappa shape index (κ2) is 7.65. The van der Waals surface area contributed by atoms with Gasteiger partial charge in [-0.2, -0.15) is 0 Å². The van der Waals surface area contributed by atoms with E-state index in [-0.39, 0.29) is 12.3 Å². The number of hydrogen-bond donors (Lipinski definition) is 0. The van der Waals surface area contributed by atoms with Gasteiger partial charge in [0.05, 0.1) is 26.1 Å². The number of hydrogen-bond acceptors (Lipinski definition) is 7. The molecule has 4 heterocycles. The molecule has 2 atom stereocenters. The molecule has 0 aromatic carbocycles. The smallest absolute Gasteiger partial charge is 0.185 e. The summed E-state index contributed by atoms with van der Waals surface area (Å²) in [5.41, 5.74) is 1.40. The minimum absolute atomic E-state index is 0.0479. The molecule has 9 nitrogen and oxygen atoms in total. The number of ether oxygens (including phenoxy) is 3. The number of methoxy groups -OCH3 is 1. The maximum atomic E-state index is 5.90. The summed E-state index contributed by atoms with van der Waals surface area (Å²) in [6, 6.07) is 0. The van der Waals surface area contributed by atoms with E-state index in [4.69, 9.17) is 19.2 Å². The highest BCUT2D eigenvalue weighted by Crippen LogP contribution is 2.31. The molecule has 0 bridgehead atoms. The molecule has 140 valence electrons. The maximum Gasteiger partial charge on any atom is 0.185 e. The lowest BCUT2D eigenvalue weighted by Crippen LogP contribution is -2.24. The van der Waals surface area contributed by atoms with Gasteiger partial charge >= 0.3 is 0 Å². The first-order chi connectivity index (χ1) is 12.8. The van der Waals surface area contributed by atoms with Crippen LogP contribution in [0.4, 0.5) is 5.82 Å². The molecule has 2 aromatic rings. The van der Waals surface area contributed by atoms with Gasteiger partial charge in [-0.05, 0) is 6.42 Å². The molecule has 0 aliphatic carbocycles. The van der Waals surface area contributed by atoms with Crippen LogP contribution in [0.5, 0.6) is 0 Å². The first-order valence-electron chi connectivity index (χ1n) is 8.96. The normalized spacial score (nSPS) is 25.0. The summed E-state index contributed by atoms with van der Waals surface area (Å²) in [5, 5.41) is 0. The highest BCUT2D eigenvalue weighted by molar-refractivity contribution is 5.90. The number of aromatic nitrogens is 4. The Kier molecular flexibility index (Phi) is 5.09. The van der Waals surface area contributed by atoms with Crippen molar-refractivity contribution in [1.82, 2.24) is 24.4 Å². The molecular weight excluding hydrogens is 336 g/mol. The molecule has 0 spiro atoms. The van der Waals surface area contributed by atoms with E-state index in [9.17, 15) is 0 Å². The molecule has 9 heteroatoms. The van der Waals surface area contributed by atoms with E-state index in [1.165, 1.54) is 6.33 Å². The SMILES string of the molecule is COCCOC1CCOC1n1cnc2c(/N=C3\CCCN3C)ncnc21. The number of nitrogens with zero attached hydrogens (tertiary/aromatic N) is 6. The first-order valence-corrected chi connectivity index (χ1v) is 8.96. The van der Waals surface area contributed by atoms with Gasteiger partial charge in [0.2, 0.25) is 0 Å². The predicted octanol–water partition coefficient (Wildman–Crippen LogP) is 1.53. The van der Waals surface area contributed by atoms with E-state index in [2.05, 4.69) is 26.9 Å². The quantitative estimate of drug-likeness (QED) is 0.722. The fraction of sp³-hybridized carbons (Fsp3) is 0.647. The van der Waals surface area contributed by atoms with Crippen LogP contribution < -0.4 is 0 Å². The van der Waals surface area contributed by atoms with Crippen molar-refractivity contribution in [3.05, 3.63) is 12.7 Å². The third-order valence-corrected chi connectivity index (χ3v) is 4.81. The Bertz CT molecular complexity index is 792. The minimum atomic E-state index is -0.249. The van der Waals surface area contributed by atoms with Crippen molar-refractivity contribution in [2.75, 3.05) is 40.5 Å². The second-order valence-corrected chi connectivity index (χ2v) is 6.53. The van der Waals surface area contributed by atoms with Crippen LogP contribution in [0.25, 0.3) is 11.2 Å². The number of amidine groups is 1. The van der Waals surface area contributed by atoms with Gasteiger partial charge in [0, 0.05) is 33.5 Å². The molecule has 0 N–H and O–H groups in total. The van der Waals surface area contributed by atoms with Crippen LogP contribution in [0.2, 0.25) is 0 Å². The number of imidazole rings is 1. The number of rotatable bonds is 6. The van der Waals surface area contributed by atoms with Gasteiger partial charge in [-0.3, -0.25) is 4.57 Å². The average molecular weight is 360 g/mol. The number of aliphatic imine (C=N–C) groups is 1. The van der Waals surface area contributed by atoms with Gasteiger partial charge in [0.1, 0.15) is 18.3 Å². The van der Waals surface area contributed by atoms with Crippen molar-refractivity contribution < 1.29 is 14.2 Å². The van der Waals surface area contributed by atoms with Crippen molar-refractivity contribution in [3.8, 4) is 0 Å². The summed E-state index contributed by atoms with van der Waals surface area (Å²) in [4.78, 5) is 20.1. The largest absolute Gasteiger partial charge is 0.382 e. The topological polar surface area (TPSA) is 86.9 Å². The zero-order chi connectivity index (χ0) is 17.9. The van der Waals surface area contributed by atoms with E-state index < -0.39 is 0 Å².